The first-order valence-electron chi connectivity index (χ1n) is 14.8. The van der Waals surface area contributed by atoms with Crippen molar-refractivity contribution in [2.24, 2.45) is 11.5 Å². The third kappa shape index (κ3) is 17.3. The van der Waals surface area contributed by atoms with Crippen molar-refractivity contribution < 1.29 is 45.0 Å². The van der Waals surface area contributed by atoms with Crippen LogP contribution in [0.15, 0.2) is 119 Å². The molecule has 0 unspecified atom stereocenters. The van der Waals surface area contributed by atoms with E-state index in [1.54, 1.807) is 24.3 Å². The highest BCUT2D eigenvalue weighted by atomic mass is 33.1. The minimum absolute atomic E-state index is 0.0666. The van der Waals surface area contributed by atoms with Crippen LogP contribution < -0.4 is 11.5 Å². The van der Waals surface area contributed by atoms with E-state index in [4.69, 9.17) is 30.0 Å². The molecule has 0 saturated carbocycles. The molecule has 12 nitrogen and oxygen atoms in total. The van der Waals surface area contributed by atoms with Gasteiger partial charge in [-0.2, -0.15) is 16.8 Å². The Morgan fingerprint density at radius 3 is 1.16 bits per heavy atom. The zero-order valence-electron chi connectivity index (χ0n) is 27.3. The van der Waals surface area contributed by atoms with Crippen molar-refractivity contribution in [1.82, 2.24) is 0 Å². The first-order valence-corrected chi connectivity index (χ1v) is 20.2. The number of aryl methyl sites for hydroxylation is 2. The smallest absolute Gasteiger partial charge is 0.324 e. The summed E-state index contributed by atoms with van der Waals surface area (Å²) in [6.45, 7) is 4.08. The Kier molecular flexibility index (Phi) is 18.2. The van der Waals surface area contributed by atoms with Gasteiger partial charge in [0.25, 0.3) is 20.2 Å². The van der Waals surface area contributed by atoms with E-state index in [1.165, 1.54) is 45.9 Å². The monoisotopic (exact) mass is 764 g/mol. The van der Waals surface area contributed by atoms with Gasteiger partial charge in [0.05, 0.1) is 9.79 Å². The standard InChI is InChI=1S/C20H24N2O4S2.2C7H8O3S/c21-17(19(23)25-11-15-7-3-1-4-8-15)13-27-28-14-18(22)20(24)26-12-16-9-5-2-6-10-16;2*1-6-2-4-7(5-3-6)11(8,9)10/h1-10,17-18H,11-14,21-22H2;2*2-5H,1H3,(H,8,9,10)/t17-,18-;;/m0../s1. The molecule has 2 atom stereocenters. The second kappa shape index (κ2) is 21.5. The Morgan fingerprint density at radius 2 is 0.880 bits per heavy atom. The van der Waals surface area contributed by atoms with Gasteiger partial charge < -0.3 is 20.9 Å². The first kappa shape index (κ1) is 42.4. The quantitative estimate of drug-likeness (QED) is 0.0611. The van der Waals surface area contributed by atoms with Crippen molar-refractivity contribution in [2.75, 3.05) is 11.5 Å². The molecule has 0 fully saturated rings. The fourth-order valence-electron chi connectivity index (χ4n) is 3.47. The lowest BCUT2D eigenvalue weighted by molar-refractivity contribution is -0.146. The summed E-state index contributed by atoms with van der Waals surface area (Å²) >= 11 is 0. The van der Waals surface area contributed by atoms with E-state index >= 15 is 0 Å². The normalized spacial score (nSPS) is 12.2. The molecule has 6 N–H and O–H groups in total. The third-order valence-corrected chi connectivity index (χ3v) is 10.5. The summed E-state index contributed by atoms with van der Waals surface area (Å²) in [5.41, 5.74) is 15.4. The van der Waals surface area contributed by atoms with Crippen LogP contribution in [0.25, 0.3) is 0 Å². The van der Waals surface area contributed by atoms with E-state index in [9.17, 15) is 26.4 Å². The second-order valence-electron chi connectivity index (χ2n) is 10.5. The molecule has 270 valence electrons. The Balaban J connectivity index is 0.000000320. The van der Waals surface area contributed by atoms with Crippen LogP contribution in [-0.2, 0) is 52.5 Å². The highest BCUT2D eigenvalue weighted by molar-refractivity contribution is 8.76. The molecule has 4 aromatic rings. The number of hydrogen-bond donors (Lipinski definition) is 4. The molecule has 16 heteroatoms. The Morgan fingerprint density at radius 1 is 0.580 bits per heavy atom. The number of carbonyl (C=O) groups is 2. The van der Waals surface area contributed by atoms with Crippen molar-refractivity contribution in [3.05, 3.63) is 131 Å². The number of hydrogen-bond acceptors (Lipinski definition) is 12. The fourth-order valence-corrected chi connectivity index (χ4v) is 6.65. The van der Waals surface area contributed by atoms with E-state index in [0.717, 1.165) is 22.3 Å². The van der Waals surface area contributed by atoms with Gasteiger partial charge in [-0.25, -0.2) is 0 Å². The van der Waals surface area contributed by atoms with Crippen LogP contribution in [-0.4, -0.2) is 61.5 Å². The van der Waals surface area contributed by atoms with Gasteiger partial charge >= 0.3 is 11.9 Å². The van der Waals surface area contributed by atoms with Crippen LogP contribution in [0, 0.1) is 13.8 Å². The molecule has 0 aromatic heterocycles. The zero-order chi connectivity index (χ0) is 37.2. The summed E-state index contributed by atoms with van der Waals surface area (Å²) in [4.78, 5) is 23.7. The number of carbonyl (C=O) groups excluding carboxylic acids is 2. The maximum absolute atomic E-state index is 11.9. The van der Waals surface area contributed by atoms with Crippen molar-refractivity contribution in [1.29, 1.82) is 0 Å². The minimum Gasteiger partial charge on any atom is -0.460 e. The summed E-state index contributed by atoms with van der Waals surface area (Å²) in [6.07, 6.45) is 0. The molecule has 0 spiro atoms. The number of benzene rings is 4. The van der Waals surface area contributed by atoms with Crippen LogP contribution >= 0.6 is 21.6 Å². The molecule has 4 rings (SSSR count). The molecule has 50 heavy (non-hydrogen) atoms. The van der Waals surface area contributed by atoms with Crippen LogP contribution in [0.3, 0.4) is 0 Å². The Labute approximate surface area is 300 Å². The predicted octanol–water partition coefficient (Wildman–Crippen LogP) is 4.99. The van der Waals surface area contributed by atoms with Crippen molar-refractivity contribution in [3.8, 4) is 0 Å². The zero-order valence-corrected chi connectivity index (χ0v) is 30.6. The molecule has 0 radical (unpaired) electrons. The van der Waals surface area contributed by atoms with Gasteiger partial charge in [0.15, 0.2) is 0 Å². The number of ether oxygens (including phenoxy) is 2. The van der Waals surface area contributed by atoms with Crippen LogP contribution in [0.4, 0.5) is 0 Å². The minimum atomic E-state index is -4.02. The van der Waals surface area contributed by atoms with Gasteiger partial charge in [-0.15, -0.1) is 0 Å². The van der Waals surface area contributed by atoms with Crippen LogP contribution in [0.5, 0.6) is 0 Å². The molecule has 0 aliphatic carbocycles. The van der Waals surface area contributed by atoms with E-state index in [-0.39, 0.29) is 23.0 Å². The largest absolute Gasteiger partial charge is 0.460 e. The number of rotatable bonds is 13. The van der Waals surface area contributed by atoms with Gasteiger partial charge in [0.1, 0.15) is 25.3 Å². The molecule has 0 aliphatic rings. The summed E-state index contributed by atoms with van der Waals surface area (Å²) in [6, 6.07) is 29.3. The van der Waals surface area contributed by atoms with Crippen LogP contribution in [0.2, 0.25) is 0 Å². The number of nitrogens with two attached hydrogens (primary N) is 2. The van der Waals surface area contributed by atoms with Crippen molar-refractivity contribution >= 4 is 53.8 Å². The average molecular weight is 765 g/mol. The van der Waals surface area contributed by atoms with Crippen molar-refractivity contribution in [2.45, 2.75) is 48.9 Å². The lowest BCUT2D eigenvalue weighted by atomic mass is 10.2. The maximum atomic E-state index is 11.9. The van der Waals surface area contributed by atoms with E-state index in [0.29, 0.717) is 11.5 Å². The molecule has 0 heterocycles. The van der Waals surface area contributed by atoms with Gasteiger partial charge in [0, 0.05) is 11.5 Å². The SMILES string of the molecule is Cc1ccc(S(=O)(=O)O)cc1.Cc1ccc(S(=O)(=O)O)cc1.N[C@@H](CSSC[C@H](N)C(=O)OCc1ccccc1)C(=O)OCc1ccccc1. The Hall–Kier alpha value is -3.74. The lowest BCUT2D eigenvalue weighted by Crippen LogP contribution is -2.35. The van der Waals surface area contributed by atoms with Crippen LogP contribution in [0.1, 0.15) is 22.3 Å². The lowest BCUT2D eigenvalue weighted by Gasteiger charge is -2.13. The molecule has 0 aliphatic heterocycles. The highest BCUT2D eigenvalue weighted by Gasteiger charge is 2.18. The van der Waals surface area contributed by atoms with Gasteiger partial charge in [-0.05, 0) is 49.2 Å². The van der Waals surface area contributed by atoms with Gasteiger partial charge in [-0.3, -0.25) is 18.7 Å². The maximum Gasteiger partial charge on any atom is 0.324 e. The van der Waals surface area contributed by atoms with Crippen molar-refractivity contribution in [3.63, 3.8) is 0 Å². The predicted molar refractivity (Wildman–Crippen MR) is 195 cm³/mol. The number of esters is 2. The molecule has 4 aromatic carbocycles. The first-order chi connectivity index (χ1) is 23.6. The second-order valence-corrected chi connectivity index (χ2v) is 15.9. The molecule has 0 saturated heterocycles. The summed E-state index contributed by atoms with van der Waals surface area (Å²) in [7, 11) is -5.29. The van der Waals surface area contributed by atoms with Gasteiger partial charge in [-0.1, -0.05) is 118 Å². The van der Waals surface area contributed by atoms with E-state index < -0.39 is 44.3 Å². The van der Waals surface area contributed by atoms with E-state index in [1.807, 2.05) is 74.5 Å². The fraction of sp³-hybridized carbons (Fsp3) is 0.235. The van der Waals surface area contributed by atoms with E-state index in [2.05, 4.69) is 0 Å². The average Bonchev–Trinajstić information content (AvgIpc) is 3.09. The third-order valence-electron chi connectivity index (χ3n) is 6.27. The van der Waals surface area contributed by atoms with Gasteiger partial charge in [0.2, 0.25) is 0 Å². The summed E-state index contributed by atoms with van der Waals surface area (Å²) < 4.78 is 69.5. The highest BCUT2D eigenvalue weighted by Crippen LogP contribution is 2.23. The summed E-state index contributed by atoms with van der Waals surface area (Å²) in [5.74, 6) is -0.180. The molecular weight excluding hydrogens is 725 g/mol. The molecular formula is C34H40N2O10S4. The molecule has 0 amide bonds. The Bertz CT molecular complexity index is 1690. The molecule has 0 bridgehead atoms. The topological polar surface area (TPSA) is 213 Å². The summed E-state index contributed by atoms with van der Waals surface area (Å²) in [5, 5.41) is 0.